The third kappa shape index (κ3) is 11.0. The van der Waals surface area contributed by atoms with Crippen LogP contribution in [-0.2, 0) is 17.7 Å². The molecular formula is C35H47F2N5O7P+. The topological polar surface area (TPSA) is 155 Å². The molecule has 0 aliphatic carbocycles. The average molecular weight is 719 g/mol. The number of nitrogens with zero attached hydrogens (tertiary/aromatic N) is 3. The van der Waals surface area contributed by atoms with Gasteiger partial charge in [0.15, 0.2) is 11.6 Å². The van der Waals surface area contributed by atoms with Gasteiger partial charge in [0.05, 0.1) is 50.6 Å². The summed E-state index contributed by atoms with van der Waals surface area (Å²) in [6.07, 6.45) is 0.744. The van der Waals surface area contributed by atoms with Crippen LogP contribution in [0.2, 0.25) is 0 Å². The number of hydrogen-bond donors (Lipinski definition) is 5. The summed E-state index contributed by atoms with van der Waals surface area (Å²) < 4.78 is 52.7. The molecule has 0 aliphatic rings. The van der Waals surface area contributed by atoms with Crippen LogP contribution in [0.4, 0.5) is 8.78 Å². The van der Waals surface area contributed by atoms with Crippen LogP contribution < -0.4 is 19.9 Å². The van der Waals surface area contributed by atoms with E-state index in [4.69, 9.17) is 9.26 Å². The number of amides is 1. The van der Waals surface area contributed by atoms with Gasteiger partial charge in [0.25, 0.3) is 5.91 Å². The van der Waals surface area contributed by atoms with Gasteiger partial charge in [-0.15, -0.1) is 0 Å². The monoisotopic (exact) mass is 718 g/mol. The summed E-state index contributed by atoms with van der Waals surface area (Å²) >= 11 is 0. The van der Waals surface area contributed by atoms with Crippen LogP contribution in [0.1, 0.15) is 62.2 Å². The van der Waals surface area contributed by atoms with Gasteiger partial charge in [-0.05, 0) is 68.7 Å². The zero-order chi connectivity index (χ0) is 37.0. The van der Waals surface area contributed by atoms with Crippen molar-refractivity contribution in [3.8, 4) is 17.2 Å². The van der Waals surface area contributed by atoms with E-state index in [0.29, 0.717) is 41.2 Å². The fourth-order valence-corrected chi connectivity index (χ4v) is 5.74. The van der Waals surface area contributed by atoms with Gasteiger partial charge in [0.1, 0.15) is 23.9 Å². The predicted octanol–water partition coefficient (Wildman–Crippen LogP) is 5.66. The molecule has 1 unspecified atom stereocenters. The minimum Gasteiger partial charge on any atom is -0.453 e. The molecule has 12 nitrogen and oxygen atoms in total. The Balaban J connectivity index is 1.55. The minimum atomic E-state index is -4.88. The lowest BCUT2D eigenvalue weighted by Crippen LogP contribution is -2.44. The molecule has 50 heavy (non-hydrogen) atoms. The highest BCUT2D eigenvalue weighted by atomic mass is 31.2. The van der Waals surface area contributed by atoms with E-state index in [1.165, 1.54) is 6.07 Å². The molecule has 4 rings (SSSR count). The second-order valence-corrected chi connectivity index (χ2v) is 15.6. The molecule has 15 heteroatoms. The average Bonchev–Trinajstić information content (AvgIpc) is 3.37. The molecule has 5 N–H and O–H groups in total. The Kier molecular flexibility index (Phi) is 12.1. The van der Waals surface area contributed by atoms with E-state index in [1.807, 2.05) is 48.7 Å². The summed E-state index contributed by atoms with van der Waals surface area (Å²) in [5, 5.41) is 22.1. The second kappa shape index (κ2) is 15.5. The van der Waals surface area contributed by atoms with Gasteiger partial charge in [0.2, 0.25) is 0 Å². The molecule has 1 amide bonds. The van der Waals surface area contributed by atoms with Crippen molar-refractivity contribution in [1.29, 1.82) is 0 Å². The quantitative estimate of drug-likeness (QED) is 0.0774. The molecule has 0 aliphatic heterocycles. The van der Waals surface area contributed by atoms with Crippen LogP contribution in [0.5, 0.6) is 17.2 Å². The highest BCUT2D eigenvalue weighted by molar-refractivity contribution is 7.46. The first-order valence-electron chi connectivity index (χ1n) is 16.2. The molecule has 0 bridgehead atoms. The number of carbonyl (C=O) groups is 1. The third-order valence-electron chi connectivity index (χ3n) is 7.75. The van der Waals surface area contributed by atoms with Gasteiger partial charge in [-0.1, -0.05) is 19.9 Å². The van der Waals surface area contributed by atoms with Crippen molar-refractivity contribution in [1.82, 2.24) is 20.4 Å². The van der Waals surface area contributed by atoms with Gasteiger partial charge in [0, 0.05) is 35.6 Å². The number of likely N-dealkylation sites (N-methyl/N-ethyl adjacent to an activating group) is 1. The van der Waals surface area contributed by atoms with Gasteiger partial charge < -0.3 is 29.5 Å². The summed E-state index contributed by atoms with van der Waals surface area (Å²) in [5.74, 6) is -2.11. The number of aromatic nitrogens is 2. The molecule has 3 aromatic carbocycles. The van der Waals surface area contributed by atoms with Crippen LogP contribution in [0.15, 0.2) is 54.7 Å². The number of aliphatic hydroxyl groups is 1. The standard InChI is InChI=1S/C35H46F2N5O7P/c1-22(2)20-41-29-17-27(33(15-24(29)18-40-41)48-32-11-9-26(36)16-28(32)37)34(44)38-12-13-42(6,7)21-25-14-23(30(43)19-39-35(3,4)5)8-10-31(25)49-50(45,46)47/h8-11,14-18,22,30,39,43H,12-13,19-21H2,1-7H3,(H2-,38,44,45,46,47)/p+1. The van der Waals surface area contributed by atoms with E-state index in [2.05, 4.69) is 15.7 Å². The number of β-amino-alcohol motifs (C(OH)–C–C–N with tert-alkyl or cyclic N) is 1. The summed E-state index contributed by atoms with van der Waals surface area (Å²) in [7, 11) is -1.13. The summed E-state index contributed by atoms with van der Waals surface area (Å²) in [4.78, 5) is 32.7. The van der Waals surface area contributed by atoms with Crippen LogP contribution in [0.3, 0.4) is 0 Å². The number of phosphoric acid groups is 1. The molecule has 1 atom stereocenters. The van der Waals surface area contributed by atoms with Crippen LogP contribution in [-0.4, -0.2) is 74.3 Å². The number of hydrogen-bond acceptors (Lipinski definition) is 7. The Labute approximate surface area is 290 Å². The number of halogens is 2. The molecule has 1 heterocycles. The molecule has 0 fully saturated rings. The summed E-state index contributed by atoms with van der Waals surface area (Å²) in [6.45, 7) is 11.6. The first kappa shape index (κ1) is 38.9. The fourth-order valence-electron chi connectivity index (χ4n) is 5.31. The number of aliphatic hydroxyl groups excluding tert-OH is 1. The summed E-state index contributed by atoms with van der Waals surface area (Å²) in [6, 6.07) is 10.8. The number of ether oxygens (including phenoxy) is 1. The summed E-state index contributed by atoms with van der Waals surface area (Å²) in [5.41, 5.74) is 1.57. The maximum Gasteiger partial charge on any atom is 0.524 e. The van der Waals surface area contributed by atoms with Gasteiger partial charge in [-0.25, -0.2) is 13.3 Å². The zero-order valence-corrected chi connectivity index (χ0v) is 30.3. The molecule has 0 saturated heterocycles. The van der Waals surface area contributed by atoms with Gasteiger partial charge in [-0.3, -0.25) is 19.3 Å². The smallest absolute Gasteiger partial charge is 0.453 e. The Bertz CT molecular complexity index is 1870. The highest BCUT2D eigenvalue weighted by Gasteiger charge is 2.26. The van der Waals surface area contributed by atoms with E-state index in [0.717, 1.165) is 12.1 Å². The first-order chi connectivity index (χ1) is 23.2. The van der Waals surface area contributed by atoms with E-state index in [-0.39, 0.29) is 58.4 Å². The molecule has 4 aromatic rings. The Morgan fingerprint density at radius 2 is 1.74 bits per heavy atom. The predicted molar refractivity (Wildman–Crippen MR) is 186 cm³/mol. The molecule has 272 valence electrons. The van der Waals surface area contributed by atoms with Gasteiger partial charge >= 0.3 is 7.82 Å². The van der Waals surface area contributed by atoms with Crippen molar-refractivity contribution in [3.05, 3.63) is 83.1 Å². The zero-order valence-electron chi connectivity index (χ0n) is 29.4. The highest BCUT2D eigenvalue weighted by Crippen LogP contribution is 2.40. The van der Waals surface area contributed by atoms with E-state index >= 15 is 0 Å². The molecule has 0 saturated carbocycles. The Hall–Kier alpha value is -3.91. The van der Waals surface area contributed by atoms with Crippen molar-refractivity contribution in [2.24, 2.45) is 5.92 Å². The SMILES string of the molecule is CC(C)Cn1ncc2cc(Oc3ccc(F)cc3F)c(C(=O)NCC[N+](C)(C)Cc3cc(C(O)CNC(C)(C)C)ccc3OP(=O)(O)O)cc21. The maximum atomic E-state index is 14.6. The first-order valence-corrected chi connectivity index (χ1v) is 17.8. The molecule has 1 aromatic heterocycles. The lowest BCUT2D eigenvalue weighted by molar-refractivity contribution is -0.902. The van der Waals surface area contributed by atoms with Gasteiger partial charge in [-0.2, -0.15) is 5.10 Å². The van der Waals surface area contributed by atoms with Crippen LogP contribution in [0.25, 0.3) is 10.9 Å². The molecular weight excluding hydrogens is 671 g/mol. The van der Waals surface area contributed by atoms with E-state index < -0.39 is 31.5 Å². The Morgan fingerprint density at radius 1 is 1.04 bits per heavy atom. The van der Waals surface area contributed by atoms with E-state index in [9.17, 15) is 33.0 Å². The van der Waals surface area contributed by atoms with Crippen LogP contribution >= 0.6 is 7.82 Å². The number of carbonyl (C=O) groups excluding carboxylic acids is 1. The van der Waals surface area contributed by atoms with Crippen molar-refractivity contribution in [2.45, 2.75) is 59.4 Å². The second-order valence-electron chi connectivity index (χ2n) is 14.5. The Morgan fingerprint density at radius 3 is 2.38 bits per heavy atom. The number of fused-ring (bicyclic) bond motifs is 1. The lowest BCUT2D eigenvalue weighted by atomic mass is 10.0. The molecule has 0 radical (unpaired) electrons. The van der Waals surface area contributed by atoms with Crippen molar-refractivity contribution < 1.29 is 46.8 Å². The maximum absolute atomic E-state index is 14.6. The number of rotatable bonds is 15. The number of phosphoric ester groups is 1. The van der Waals surface area contributed by atoms with Crippen LogP contribution in [0, 0.1) is 17.6 Å². The largest absolute Gasteiger partial charge is 0.524 e. The minimum absolute atomic E-state index is 0.0190. The lowest BCUT2D eigenvalue weighted by Gasteiger charge is -2.31. The van der Waals surface area contributed by atoms with E-state index in [1.54, 1.807) is 35.1 Å². The number of quaternary nitrogens is 1. The number of benzene rings is 3. The number of nitrogens with one attached hydrogen (secondary N) is 2. The fraction of sp³-hybridized carbons (Fsp3) is 0.429. The van der Waals surface area contributed by atoms with Crippen molar-refractivity contribution in [3.63, 3.8) is 0 Å². The molecule has 0 spiro atoms. The third-order valence-corrected chi connectivity index (χ3v) is 8.19. The van der Waals surface area contributed by atoms with Crippen molar-refractivity contribution >= 4 is 24.6 Å². The normalized spacial score (nSPS) is 13.1. The van der Waals surface area contributed by atoms with Crippen molar-refractivity contribution in [2.75, 3.05) is 33.7 Å².